The quantitative estimate of drug-likeness (QED) is 0.328. The number of carbonyl (C=O) groups excluding carboxylic acids is 1. The van der Waals surface area contributed by atoms with Gasteiger partial charge in [0, 0.05) is 22.9 Å². The van der Waals surface area contributed by atoms with E-state index in [9.17, 15) is 4.79 Å². The highest BCUT2D eigenvalue weighted by Gasteiger charge is 2.42. The second-order valence-electron chi connectivity index (χ2n) is 6.18. The van der Waals surface area contributed by atoms with Crippen molar-refractivity contribution in [3.8, 4) is 5.75 Å². The lowest BCUT2D eigenvalue weighted by Gasteiger charge is -2.46. The van der Waals surface area contributed by atoms with Crippen LogP contribution < -0.4 is 4.74 Å². The summed E-state index contributed by atoms with van der Waals surface area (Å²) in [6.07, 6.45) is 0.00488. The van der Waals surface area contributed by atoms with Gasteiger partial charge in [0.2, 0.25) is 0 Å². The molecule has 1 aromatic rings. The molecule has 2 fully saturated rings. The van der Waals surface area contributed by atoms with E-state index in [2.05, 4.69) is 10.0 Å². The van der Waals surface area contributed by atoms with E-state index in [1.165, 1.54) is 0 Å². The van der Waals surface area contributed by atoms with Crippen molar-refractivity contribution < 1.29 is 14.3 Å². The molecule has 138 valence electrons. The number of hydrogen-bond donors (Lipinski definition) is 0. The fraction of sp³-hybridized carbons (Fsp3) is 0.500. The normalized spacial score (nSPS) is 25.5. The number of nitrogens with zero attached hydrogens (tertiary/aromatic N) is 4. The summed E-state index contributed by atoms with van der Waals surface area (Å²) < 4.78 is 11.2. The van der Waals surface area contributed by atoms with Crippen LogP contribution in [0.1, 0.15) is 17.9 Å². The molecule has 1 unspecified atom stereocenters. The van der Waals surface area contributed by atoms with Gasteiger partial charge in [-0.25, -0.2) is 0 Å². The molecule has 26 heavy (non-hydrogen) atoms. The Labute approximate surface area is 163 Å². The molecule has 3 rings (SSSR count). The molecule has 3 atom stereocenters. The van der Waals surface area contributed by atoms with Crippen LogP contribution in [0, 0.1) is 0 Å². The lowest BCUT2D eigenvalue weighted by molar-refractivity contribution is -0.155. The van der Waals surface area contributed by atoms with Crippen molar-refractivity contribution in [1.82, 2.24) is 4.90 Å². The molecule has 0 radical (unpaired) electrons. The topological polar surface area (TPSA) is 87.5 Å². The number of rotatable bonds is 4. The average molecular weight is 413 g/mol. The Hall–Kier alpha value is -1.57. The fourth-order valence-corrected chi connectivity index (χ4v) is 4.79. The zero-order valence-corrected chi connectivity index (χ0v) is 17.1. The van der Waals surface area contributed by atoms with Gasteiger partial charge in [-0.3, -0.25) is 4.79 Å². The van der Waals surface area contributed by atoms with Crippen molar-refractivity contribution >= 4 is 44.1 Å². The van der Waals surface area contributed by atoms with E-state index in [4.69, 9.17) is 38.2 Å². The molecule has 2 heterocycles. The number of piperidine rings is 1. The molecule has 0 N–H and O–H groups in total. The van der Waals surface area contributed by atoms with Gasteiger partial charge in [-0.15, -0.1) is 0 Å². The molecule has 7 nitrogen and oxygen atoms in total. The van der Waals surface area contributed by atoms with Crippen LogP contribution in [-0.2, 0) is 9.53 Å². The van der Waals surface area contributed by atoms with E-state index in [1.54, 1.807) is 23.0 Å². The Morgan fingerprint density at radius 3 is 2.96 bits per heavy atom. The van der Waals surface area contributed by atoms with Gasteiger partial charge in [-0.1, -0.05) is 33.5 Å². The standard InChI is InChI=1S/C16H18Cl2N4O3Si/c1-24-11-3-2-9(17)14(18)13(11)8-4-5-22-10(15(8)26)7-25-12(16(22)23)6-20-21-19/h2-3,8,10,12H,4-7,26H2,1H3/t8-,10+,12?/m0/s1. The largest absolute Gasteiger partial charge is 0.496 e. The lowest BCUT2D eigenvalue weighted by atomic mass is 9.83. The van der Waals surface area contributed by atoms with Gasteiger partial charge in [-0.2, -0.15) is 0 Å². The minimum Gasteiger partial charge on any atom is -0.496 e. The van der Waals surface area contributed by atoms with Gasteiger partial charge in [0.15, 0.2) is 0 Å². The molecule has 2 aliphatic rings. The summed E-state index contributed by atoms with van der Waals surface area (Å²) in [6, 6.07) is 3.39. The van der Waals surface area contributed by atoms with Crippen molar-refractivity contribution in [2.75, 3.05) is 26.8 Å². The van der Waals surface area contributed by atoms with Crippen molar-refractivity contribution in [2.24, 2.45) is 5.11 Å². The number of morpholine rings is 1. The highest BCUT2D eigenvalue weighted by molar-refractivity contribution is 6.45. The van der Waals surface area contributed by atoms with Crippen LogP contribution in [0.25, 0.3) is 10.4 Å². The maximum atomic E-state index is 12.6. The zero-order chi connectivity index (χ0) is 18.8. The molecule has 1 amide bonds. The first-order valence-electron chi connectivity index (χ1n) is 8.13. The summed E-state index contributed by atoms with van der Waals surface area (Å²) in [4.78, 5) is 17.1. The van der Waals surface area contributed by atoms with Crippen LogP contribution in [0.4, 0.5) is 0 Å². The maximum absolute atomic E-state index is 12.6. The fourth-order valence-electron chi connectivity index (χ4n) is 3.59. The Bertz CT molecular complexity index is 800. The molecule has 0 aromatic heterocycles. The lowest BCUT2D eigenvalue weighted by Crippen LogP contribution is -2.61. The van der Waals surface area contributed by atoms with Gasteiger partial charge in [0.05, 0.1) is 36.3 Å². The van der Waals surface area contributed by atoms with Crippen LogP contribution in [-0.4, -0.2) is 64.8 Å². The SMILES string of the molecule is COc1ccc(Cl)c(Cl)c1[C@@H]1CCN2C(=O)C(CN=[N+]=[N-])OC[C@@H]2C1=[SiH2]. The van der Waals surface area contributed by atoms with Crippen molar-refractivity contribution in [3.63, 3.8) is 0 Å². The minimum atomic E-state index is -0.709. The van der Waals surface area contributed by atoms with E-state index in [0.717, 1.165) is 10.7 Å². The van der Waals surface area contributed by atoms with E-state index in [-0.39, 0.29) is 24.4 Å². The van der Waals surface area contributed by atoms with Crippen molar-refractivity contribution in [3.05, 3.63) is 38.2 Å². The summed E-state index contributed by atoms with van der Waals surface area (Å²) in [6.45, 7) is 0.947. The number of fused-ring (bicyclic) bond motifs is 1. The summed E-state index contributed by atoms with van der Waals surface area (Å²) in [5.41, 5.74) is 9.31. The van der Waals surface area contributed by atoms with Gasteiger partial charge < -0.3 is 14.4 Å². The second-order valence-corrected chi connectivity index (χ2v) is 7.78. The monoisotopic (exact) mass is 412 g/mol. The summed E-state index contributed by atoms with van der Waals surface area (Å²) in [7, 11) is 3.36. The molecule has 1 aromatic carbocycles. The Morgan fingerprint density at radius 1 is 1.50 bits per heavy atom. The number of hydrogen-bond acceptors (Lipinski definition) is 4. The molecular weight excluding hydrogens is 395 g/mol. The first-order chi connectivity index (χ1) is 12.5. The molecular formula is C16H18Cl2N4O3Si. The smallest absolute Gasteiger partial charge is 0.252 e. The summed E-state index contributed by atoms with van der Waals surface area (Å²) >= 11 is 12.7. The molecule has 0 aliphatic carbocycles. The van der Waals surface area contributed by atoms with Crippen LogP contribution in [0.2, 0.25) is 10.0 Å². The van der Waals surface area contributed by atoms with Crippen molar-refractivity contribution in [1.29, 1.82) is 0 Å². The molecule has 2 saturated heterocycles. The third-order valence-corrected chi connectivity index (χ3v) is 6.68. The van der Waals surface area contributed by atoms with E-state index >= 15 is 0 Å². The number of azide groups is 1. The van der Waals surface area contributed by atoms with Crippen LogP contribution in [0.15, 0.2) is 17.2 Å². The van der Waals surface area contributed by atoms with Crippen LogP contribution in [0.3, 0.4) is 0 Å². The number of benzene rings is 1. The van der Waals surface area contributed by atoms with Gasteiger partial charge in [0.25, 0.3) is 5.91 Å². The minimum absolute atomic E-state index is 0.0112. The van der Waals surface area contributed by atoms with E-state index in [1.807, 2.05) is 11.0 Å². The van der Waals surface area contributed by atoms with Gasteiger partial charge >= 0.3 is 0 Å². The Morgan fingerprint density at radius 2 is 2.27 bits per heavy atom. The third kappa shape index (κ3) is 3.35. The first kappa shape index (κ1) is 19.2. The number of carbonyl (C=O) groups is 1. The predicted molar refractivity (Wildman–Crippen MR) is 103 cm³/mol. The highest BCUT2D eigenvalue weighted by atomic mass is 35.5. The third-order valence-electron chi connectivity index (χ3n) is 4.90. The number of ether oxygens (including phenoxy) is 2. The summed E-state index contributed by atoms with van der Waals surface area (Å²) in [5.74, 6) is 0.576. The van der Waals surface area contributed by atoms with Crippen LogP contribution in [0.5, 0.6) is 5.75 Å². The number of methoxy groups -OCH3 is 1. The van der Waals surface area contributed by atoms with Gasteiger partial charge in [0.1, 0.15) is 11.9 Å². The van der Waals surface area contributed by atoms with Crippen LogP contribution >= 0.6 is 23.2 Å². The van der Waals surface area contributed by atoms with Gasteiger partial charge in [-0.05, 0) is 33.9 Å². The molecule has 2 aliphatic heterocycles. The number of halogens is 2. The molecule has 0 bridgehead atoms. The first-order valence-corrected chi connectivity index (χ1v) is 9.59. The Kier molecular flexibility index (Phi) is 5.89. The molecule has 0 spiro atoms. The molecule has 0 saturated carbocycles. The predicted octanol–water partition coefficient (Wildman–Crippen LogP) is 2.20. The summed E-state index contributed by atoms with van der Waals surface area (Å²) in [5, 5.41) is 5.53. The second kappa shape index (κ2) is 7.98. The van der Waals surface area contributed by atoms with E-state index in [0.29, 0.717) is 35.4 Å². The maximum Gasteiger partial charge on any atom is 0.252 e. The number of amides is 1. The zero-order valence-electron chi connectivity index (χ0n) is 14.2. The van der Waals surface area contributed by atoms with E-state index < -0.39 is 6.10 Å². The molecule has 10 heteroatoms. The van der Waals surface area contributed by atoms with Crippen molar-refractivity contribution in [2.45, 2.75) is 24.5 Å². The average Bonchev–Trinajstić information content (AvgIpc) is 2.64. The Balaban J connectivity index is 1.87. The highest BCUT2D eigenvalue weighted by Crippen LogP contribution is 2.42.